The minimum absolute atomic E-state index is 0.00368. The first-order valence-corrected chi connectivity index (χ1v) is 13.7. The Morgan fingerprint density at radius 2 is 1.49 bits per heavy atom. The van der Waals surface area contributed by atoms with Crippen LogP contribution < -0.4 is 4.74 Å². The molecule has 1 aliphatic carbocycles. The smallest absolute Gasteiger partial charge is 0.201 e. The number of ether oxygens (including phenoxy) is 1. The summed E-state index contributed by atoms with van der Waals surface area (Å²) < 4.78 is 34.3. The highest BCUT2D eigenvalue weighted by Crippen LogP contribution is 2.35. The molecule has 0 aromatic heterocycles. The minimum atomic E-state index is -0.883. The van der Waals surface area contributed by atoms with Gasteiger partial charge >= 0.3 is 0 Å². The van der Waals surface area contributed by atoms with Gasteiger partial charge in [-0.05, 0) is 90.8 Å². The van der Waals surface area contributed by atoms with Crippen LogP contribution in [0, 0.1) is 17.6 Å². The van der Waals surface area contributed by atoms with Crippen molar-refractivity contribution in [1.29, 1.82) is 0 Å². The Morgan fingerprint density at radius 1 is 0.811 bits per heavy atom. The Kier molecular flexibility index (Phi) is 9.71. The van der Waals surface area contributed by atoms with Crippen LogP contribution in [0.15, 0.2) is 78.9 Å². The second kappa shape index (κ2) is 13.4. The molecule has 0 fully saturated rings. The van der Waals surface area contributed by atoms with Crippen LogP contribution >= 0.6 is 0 Å². The number of hydrogen-bond donors (Lipinski definition) is 0. The molecule has 0 saturated heterocycles. The van der Waals surface area contributed by atoms with Gasteiger partial charge in [-0.15, -0.1) is 0 Å². The Labute approximate surface area is 220 Å². The average molecular weight is 501 g/mol. The summed E-state index contributed by atoms with van der Waals surface area (Å²) in [6.07, 6.45) is 14.2. The molecule has 0 radical (unpaired) electrons. The molecule has 0 N–H and O–H groups in total. The van der Waals surface area contributed by atoms with Crippen LogP contribution in [0.5, 0.6) is 5.75 Å². The topological polar surface area (TPSA) is 9.23 Å². The van der Waals surface area contributed by atoms with Crippen molar-refractivity contribution in [3.63, 3.8) is 0 Å². The Balaban J connectivity index is 1.26. The van der Waals surface area contributed by atoms with Gasteiger partial charge in [0.1, 0.15) is 0 Å². The second-order valence-corrected chi connectivity index (χ2v) is 9.96. The summed E-state index contributed by atoms with van der Waals surface area (Å²) in [4.78, 5) is 0. The van der Waals surface area contributed by atoms with Crippen LogP contribution in [0.2, 0.25) is 0 Å². The van der Waals surface area contributed by atoms with Crippen LogP contribution in [-0.2, 0) is 12.8 Å². The van der Waals surface area contributed by atoms with E-state index in [9.17, 15) is 8.78 Å². The van der Waals surface area contributed by atoms with Gasteiger partial charge in [-0.3, -0.25) is 0 Å². The number of benzene rings is 3. The van der Waals surface area contributed by atoms with Crippen molar-refractivity contribution < 1.29 is 13.5 Å². The third kappa shape index (κ3) is 7.19. The van der Waals surface area contributed by atoms with E-state index in [1.54, 1.807) is 12.1 Å². The van der Waals surface area contributed by atoms with E-state index in [4.69, 9.17) is 4.74 Å². The lowest BCUT2D eigenvalue weighted by molar-refractivity contribution is 0.295. The van der Waals surface area contributed by atoms with E-state index in [0.717, 1.165) is 50.5 Å². The maximum atomic E-state index is 14.6. The molecule has 0 aliphatic heterocycles. The zero-order chi connectivity index (χ0) is 26.0. The average Bonchev–Trinajstić information content (AvgIpc) is 2.93. The fourth-order valence-electron chi connectivity index (χ4n) is 4.93. The third-order valence-corrected chi connectivity index (χ3v) is 7.09. The van der Waals surface area contributed by atoms with Crippen molar-refractivity contribution in [1.82, 2.24) is 0 Å². The van der Waals surface area contributed by atoms with Crippen LogP contribution in [0.4, 0.5) is 8.78 Å². The third-order valence-electron chi connectivity index (χ3n) is 7.09. The molecular formula is C34H38F2O. The van der Waals surface area contributed by atoms with Gasteiger partial charge in [-0.1, -0.05) is 87.0 Å². The Hall–Kier alpha value is -3.20. The van der Waals surface area contributed by atoms with Gasteiger partial charge in [0.2, 0.25) is 5.82 Å². The summed E-state index contributed by atoms with van der Waals surface area (Å²) in [6.45, 7) is 4.53. The van der Waals surface area contributed by atoms with Gasteiger partial charge in [0.25, 0.3) is 0 Å². The molecule has 0 heterocycles. The summed E-state index contributed by atoms with van der Waals surface area (Å²) in [5, 5.41) is 0. The van der Waals surface area contributed by atoms with Crippen LogP contribution in [-0.4, -0.2) is 6.61 Å². The van der Waals surface area contributed by atoms with Crippen LogP contribution in [0.3, 0.4) is 0 Å². The summed E-state index contributed by atoms with van der Waals surface area (Å²) in [5.74, 6) is -1.24. The van der Waals surface area contributed by atoms with E-state index in [-0.39, 0.29) is 5.75 Å². The largest absolute Gasteiger partial charge is 0.490 e. The van der Waals surface area contributed by atoms with Gasteiger partial charge < -0.3 is 4.74 Å². The number of aryl methyl sites for hydroxylation is 2. The van der Waals surface area contributed by atoms with Gasteiger partial charge in [-0.2, -0.15) is 4.39 Å². The van der Waals surface area contributed by atoms with Crippen molar-refractivity contribution in [2.24, 2.45) is 5.92 Å². The number of rotatable bonds is 11. The second-order valence-electron chi connectivity index (χ2n) is 9.96. The molecule has 1 unspecified atom stereocenters. The Morgan fingerprint density at radius 3 is 2.08 bits per heavy atom. The molecule has 0 saturated carbocycles. The molecular weight excluding hydrogens is 462 g/mol. The van der Waals surface area contributed by atoms with E-state index in [2.05, 4.69) is 73.7 Å². The molecule has 4 rings (SSSR count). The number of halogens is 2. The van der Waals surface area contributed by atoms with E-state index >= 15 is 0 Å². The van der Waals surface area contributed by atoms with Crippen LogP contribution in [0.1, 0.15) is 69.1 Å². The van der Waals surface area contributed by atoms with Gasteiger partial charge in [0.05, 0.1) is 6.61 Å². The number of hydrogen-bond acceptors (Lipinski definition) is 1. The normalized spacial score (nSPS) is 15.7. The number of allylic oxidation sites excluding steroid dienone is 4. The van der Waals surface area contributed by atoms with E-state index in [1.807, 2.05) is 6.92 Å². The maximum absolute atomic E-state index is 14.6. The predicted octanol–water partition coefficient (Wildman–Crippen LogP) is 9.75. The van der Waals surface area contributed by atoms with E-state index in [1.165, 1.54) is 28.7 Å². The van der Waals surface area contributed by atoms with Crippen molar-refractivity contribution >= 4 is 5.57 Å². The lowest BCUT2D eigenvalue weighted by atomic mass is 9.86. The highest BCUT2D eigenvalue weighted by Gasteiger charge is 2.20. The fourth-order valence-corrected chi connectivity index (χ4v) is 4.93. The molecule has 0 spiro atoms. The first-order chi connectivity index (χ1) is 18.1. The van der Waals surface area contributed by atoms with Gasteiger partial charge in [-0.25, -0.2) is 4.39 Å². The molecule has 1 nitrogen and oxygen atoms in total. The lowest BCUT2D eigenvalue weighted by Crippen LogP contribution is -2.06. The minimum Gasteiger partial charge on any atom is -0.490 e. The maximum Gasteiger partial charge on any atom is 0.201 e. The lowest BCUT2D eigenvalue weighted by Gasteiger charge is -2.20. The summed E-state index contributed by atoms with van der Waals surface area (Å²) in [5.41, 5.74) is 6.51. The molecule has 37 heavy (non-hydrogen) atoms. The molecule has 3 heteroatoms. The quantitative estimate of drug-likeness (QED) is 0.238. The molecule has 0 bridgehead atoms. The first kappa shape index (κ1) is 26.9. The fraction of sp³-hybridized carbons (Fsp3) is 0.353. The van der Waals surface area contributed by atoms with Crippen molar-refractivity contribution in [2.45, 2.75) is 65.2 Å². The van der Waals surface area contributed by atoms with E-state index < -0.39 is 11.6 Å². The summed E-state index contributed by atoms with van der Waals surface area (Å²) in [7, 11) is 0. The molecule has 194 valence electrons. The summed E-state index contributed by atoms with van der Waals surface area (Å²) in [6, 6.07) is 21.0. The zero-order valence-electron chi connectivity index (χ0n) is 22.1. The van der Waals surface area contributed by atoms with Crippen LogP contribution in [0.25, 0.3) is 16.7 Å². The molecule has 1 aliphatic rings. The monoisotopic (exact) mass is 500 g/mol. The first-order valence-electron chi connectivity index (χ1n) is 13.7. The van der Waals surface area contributed by atoms with Gasteiger partial charge in [0.15, 0.2) is 11.6 Å². The van der Waals surface area contributed by atoms with Crippen molar-refractivity contribution in [3.8, 4) is 16.9 Å². The van der Waals surface area contributed by atoms with Crippen molar-refractivity contribution in [2.75, 3.05) is 6.61 Å². The highest BCUT2D eigenvalue weighted by atomic mass is 19.2. The Bertz CT molecular complexity index is 1210. The zero-order valence-corrected chi connectivity index (χ0v) is 22.1. The SMILES string of the molecule is CCCOc1ccc(C2=CCC(/C=C/CCc3ccc(-c4ccc(CCC)cc4)cc3)CC2)c(F)c1F. The van der Waals surface area contributed by atoms with E-state index in [0.29, 0.717) is 18.1 Å². The predicted molar refractivity (Wildman–Crippen MR) is 151 cm³/mol. The van der Waals surface area contributed by atoms with Gasteiger partial charge in [0, 0.05) is 5.56 Å². The molecule has 3 aromatic carbocycles. The highest BCUT2D eigenvalue weighted by molar-refractivity contribution is 5.67. The molecule has 0 amide bonds. The molecule has 3 aromatic rings. The standard InChI is InChI=1S/C34H38F2O/c1-3-7-25-10-16-28(17-11-25)29-18-12-26(13-19-29)8-5-6-9-27-14-20-30(21-15-27)31-22-23-32(37-24-4-2)34(36)33(31)35/h6,9-13,16-20,22-23,27H,3-5,7-8,14-15,21,24H2,1-2H3/b9-6+. The summed E-state index contributed by atoms with van der Waals surface area (Å²) >= 11 is 0. The molecule has 1 atom stereocenters. The van der Waals surface area contributed by atoms with Crippen molar-refractivity contribution in [3.05, 3.63) is 107 Å².